The highest BCUT2D eigenvalue weighted by molar-refractivity contribution is 14.1. The second-order valence-electron chi connectivity index (χ2n) is 2.21. The van der Waals surface area contributed by atoms with Gasteiger partial charge in [-0.05, 0) is 56.0 Å². The summed E-state index contributed by atoms with van der Waals surface area (Å²) in [5.41, 5.74) is 0. The summed E-state index contributed by atoms with van der Waals surface area (Å²) in [5.74, 6) is 0. The number of hydrogen-bond acceptors (Lipinski definition) is 1. The zero-order valence-electron chi connectivity index (χ0n) is 5.47. The average molecular weight is 339 g/mol. The molecule has 11 heavy (non-hydrogen) atoms. The maximum Gasteiger partial charge on any atom is 0.0666 e. The van der Waals surface area contributed by atoms with Gasteiger partial charge in [-0.1, -0.05) is 12.1 Å². The lowest BCUT2D eigenvalue weighted by molar-refractivity contribution is 1.79. The first-order chi connectivity index (χ1) is 5.27. The Kier molecular flexibility index (Phi) is 2.21. The van der Waals surface area contributed by atoms with Crippen molar-refractivity contribution in [3.63, 3.8) is 0 Å². The van der Waals surface area contributed by atoms with E-state index in [-0.39, 0.29) is 0 Å². The predicted molar refractivity (Wildman–Crippen MR) is 62.2 cm³/mol. The minimum atomic E-state index is 1.20. The molecule has 0 spiro atoms. The van der Waals surface area contributed by atoms with E-state index in [1.807, 2.05) is 11.3 Å². The molecular formula is C8H4BrIS. The molecule has 0 N–H and O–H groups in total. The van der Waals surface area contributed by atoms with Crippen molar-refractivity contribution in [3.05, 3.63) is 31.6 Å². The summed E-state index contributed by atoms with van der Waals surface area (Å²) < 4.78 is 3.88. The highest BCUT2D eigenvalue weighted by Crippen LogP contribution is 2.32. The first kappa shape index (κ1) is 8.01. The van der Waals surface area contributed by atoms with Gasteiger partial charge in [0.25, 0.3) is 0 Å². The molecule has 0 aliphatic heterocycles. The number of rotatable bonds is 0. The van der Waals surface area contributed by atoms with Gasteiger partial charge in [-0.25, -0.2) is 0 Å². The van der Waals surface area contributed by atoms with Crippen LogP contribution >= 0.6 is 49.9 Å². The number of hydrogen-bond donors (Lipinski definition) is 0. The van der Waals surface area contributed by atoms with Crippen molar-refractivity contribution in [2.75, 3.05) is 0 Å². The molecule has 1 heterocycles. The van der Waals surface area contributed by atoms with Crippen molar-refractivity contribution < 1.29 is 0 Å². The molecule has 2 aromatic rings. The highest BCUT2D eigenvalue weighted by Gasteiger charge is 2.00. The zero-order valence-corrected chi connectivity index (χ0v) is 10.0. The summed E-state index contributed by atoms with van der Waals surface area (Å²) >= 11 is 7.68. The van der Waals surface area contributed by atoms with Gasteiger partial charge >= 0.3 is 0 Å². The molecule has 0 amide bonds. The highest BCUT2D eigenvalue weighted by atomic mass is 127. The summed E-state index contributed by atoms with van der Waals surface area (Å²) in [6.07, 6.45) is 0. The Bertz CT molecular complexity index is 394. The Balaban J connectivity index is 2.90. The third-order valence-corrected chi connectivity index (χ3v) is 4.33. The van der Waals surface area contributed by atoms with Gasteiger partial charge in [0, 0.05) is 9.17 Å². The molecule has 0 fully saturated rings. The molecule has 0 nitrogen and oxygen atoms in total. The molecule has 56 valence electrons. The number of halogens is 2. The molecule has 3 heteroatoms. The largest absolute Gasteiger partial charge is 0.128 e. The van der Waals surface area contributed by atoms with Crippen LogP contribution in [0, 0.1) is 2.88 Å². The summed E-state index contributed by atoms with van der Waals surface area (Å²) in [6.45, 7) is 0. The van der Waals surface area contributed by atoms with Crippen LogP contribution < -0.4 is 0 Å². The lowest BCUT2D eigenvalue weighted by Gasteiger charge is -1.89. The second kappa shape index (κ2) is 3.03. The van der Waals surface area contributed by atoms with E-state index in [4.69, 9.17) is 0 Å². The maximum atomic E-state index is 3.52. The second-order valence-corrected chi connectivity index (χ2v) is 6.01. The summed E-state index contributed by atoms with van der Waals surface area (Å²) in [6, 6.07) is 8.48. The average Bonchev–Trinajstić information content (AvgIpc) is 2.31. The van der Waals surface area contributed by atoms with E-state index in [2.05, 4.69) is 62.8 Å². The van der Waals surface area contributed by atoms with E-state index in [1.165, 1.54) is 17.4 Å². The topological polar surface area (TPSA) is 0 Å². The van der Waals surface area contributed by atoms with Crippen LogP contribution in [0.25, 0.3) is 10.1 Å². The molecule has 0 aliphatic carbocycles. The third-order valence-electron chi connectivity index (χ3n) is 1.47. The fourth-order valence-electron chi connectivity index (χ4n) is 0.996. The van der Waals surface area contributed by atoms with Crippen molar-refractivity contribution in [2.24, 2.45) is 0 Å². The minimum absolute atomic E-state index is 1.20. The van der Waals surface area contributed by atoms with Crippen LogP contribution in [0.3, 0.4) is 0 Å². The van der Waals surface area contributed by atoms with E-state index in [9.17, 15) is 0 Å². The molecule has 0 saturated heterocycles. The predicted octanol–water partition coefficient (Wildman–Crippen LogP) is 4.27. The molecule has 0 saturated carbocycles. The monoisotopic (exact) mass is 338 g/mol. The molecule has 1 aromatic heterocycles. The summed E-state index contributed by atoms with van der Waals surface area (Å²) in [5, 5.41) is 1.33. The van der Waals surface area contributed by atoms with E-state index < -0.39 is 0 Å². The van der Waals surface area contributed by atoms with Crippen molar-refractivity contribution in [1.82, 2.24) is 0 Å². The van der Waals surface area contributed by atoms with E-state index in [1.54, 1.807) is 0 Å². The van der Waals surface area contributed by atoms with Crippen LogP contribution in [0.1, 0.15) is 0 Å². The molecule has 0 aliphatic rings. The minimum Gasteiger partial charge on any atom is -0.128 e. The van der Waals surface area contributed by atoms with Crippen LogP contribution in [-0.4, -0.2) is 0 Å². The SMILES string of the molecule is Brc1cccc2cc(I)sc12. The Morgan fingerprint density at radius 3 is 2.91 bits per heavy atom. The normalized spacial score (nSPS) is 10.7. The fraction of sp³-hybridized carbons (Fsp3) is 0. The molecular weight excluding hydrogens is 335 g/mol. The van der Waals surface area contributed by atoms with Gasteiger partial charge in [-0.15, -0.1) is 11.3 Å². The summed E-state index contributed by atoms with van der Waals surface area (Å²) in [7, 11) is 0. The number of benzene rings is 1. The first-order valence-electron chi connectivity index (χ1n) is 3.11. The van der Waals surface area contributed by atoms with Gasteiger partial charge in [0.15, 0.2) is 0 Å². The molecule has 0 atom stereocenters. The molecule has 2 rings (SSSR count). The van der Waals surface area contributed by atoms with E-state index >= 15 is 0 Å². The van der Waals surface area contributed by atoms with Crippen molar-refractivity contribution in [2.45, 2.75) is 0 Å². The smallest absolute Gasteiger partial charge is 0.0666 e. The van der Waals surface area contributed by atoms with Crippen molar-refractivity contribution in [1.29, 1.82) is 0 Å². The van der Waals surface area contributed by atoms with Crippen LogP contribution in [0.15, 0.2) is 28.7 Å². The van der Waals surface area contributed by atoms with Crippen LogP contribution in [0.2, 0.25) is 0 Å². The van der Waals surface area contributed by atoms with E-state index in [0.29, 0.717) is 0 Å². The van der Waals surface area contributed by atoms with Gasteiger partial charge in [-0.2, -0.15) is 0 Å². The molecule has 0 unspecified atom stereocenters. The van der Waals surface area contributed by atoms with Gasteiger partial charge in [0.2, 0.25) is 0 Å². The molecule has 0 bridgehead atoms. The van der Waals surface area contributed by atoms with Gasteiger partial charge in [0.1, 0.15) is 0 Å². The van der Waals surface area contributed by atoms with Crippen molar-refractivity contribution >= 4 is 59.9 Å². The standard InChI is InChI=1S/C8H4BrIS/c9-6-3-1-2-5-4-7(10)11-8(5)6/h1-4H. The number of fused-ring (bicyclic) bond motifs is 1. The quantitative estimate of drug-likeness (QED) is 0.629. The van der Waals surface area contributed by atoms with E-state index in [0.717, 1.165) is 0 Å². The first-order valence-corrected chi connectivity index (χ1v) is 5.80. The summed E-state index contributed by atoms with van der Waals surface area (Å²) in [4.78, 5) is 0. The fourth-order valence-corrected chi connectivity index (χ4v) is 3.41. The van der Waals surface area contributed by atoms with Crippen molar-refractivity contribution in [3.8, 4) is 0 Å². The Hall–Kier alpha value is 0.390. The zero-order chi connectivity index (χ0) is 7.84. The number of thiophene rings is 1. The van der Waals surface area contributed by atoms with Crippen LogP contribution in [0.5, 0.6) is 0 Å². The Labute approximate surface area is 90.9 Å². The molecule has 0 radical (unpaired) electrons. The lowest BCUT2D eigenvalue weighted by atomic mass is 10.3. The maximum absolute atomic E-state index is 3.52. The van der Waals surface area contributed by atoms with Crippen LogP contribution in [0.4, 0.5) is 0 Å². The Morgan fingerprint density at radius 1 is 1.36 bits per heavy atom. The van der Waals surface area contributed by atoms with Crippen LogP contribution in [-0.2, 0) is 0 Å². The third kappa shape index (κ3) is 1.46. The van der Waals surface area contributed by atoms with Gasteiger partial charge in [-0.3, -0.25) is 0 Å². The van der Waals surface area contributed by atoms with Gasteiger partial charge in [0.05, 0.1) is 2.88 Å². The molecule has 1 aromatic carbocycles. The lowest BCUT2D eigenvalue weighted by Crippen LogP contribution is -1.62. The van der Waals surface area contributed by atoms with Gasteiger partial charge < -0.3 is 0 Å². The Morgan fingerprint density at radius 2 is 2.18 bits per heavy atom.